The van der Waals surface area contributed by atoms with Gasteiger partial charge in [-0.1, -0.05) is 11.3 Å². The molecule has 1 aromatic rings. The molecule has 9 nitrogen and oxygen atoms in total. The fraction of sp³-hybridized carbons (Fsp3) is 0.600. The molecule has 1 aliphatic rings. The summed E-state index contributed by atoms with van der Waals surface area (Å²) in [7, 11) is -3.80. The van der Waals surface area contributed by atoms with Crippen molar-refractivity contribution in [2.75, 3.05) is 18.5 Å². The molecule has 0 saturated carbocycles. The SMILES string of the molecule is C[C@@H]1CN(S(=O)(=O)c2cc([N+](=O)[O-])c(NN)s2)C[C@H](C)O1. The summed E-state index contributed by atoms with van der Waals surface area (Å²) >= 11 is 0.743. The van der Waals surface area contributed by atoms with Gasteiger partial charge in [0.15, 0.2) is 5.00 Å². The van der Waals surface area contributed by atoms with Crippen molar-refractivity contribution in [1.82, 2.24) is 4.31 Å². The van der Waals surface area contributed by atoms with Gasteiger partial charge < -0.3 is 10.2 Å². The Morgan fingerprint density at radius 3 is 2.48 bits per heavy atom. The summed E-state index contributed by atoms with van der Waals surface area (Å²) in [4.78, 5) is 10.2. The normalized spacial score (nSPS) is 24.0. The van der Waals surface area contributed by atoms with Crippen LogP contribution in [0.15, 0.2) is 10.3 Å². The van der Waals surface area contributed by atoms with E-state index < -0.39 is 14.9 Å². The molecular formula is C10H16N4O5S2. The maximum Gasteiger partial charge on any atom is 0.306 e. The molecule has 1 saturated heterocycles. The van der Waals surface area contributed by atoms with Crippen molar-refractivity contribution in [3.8, 4) is 0 Å². The molecule has 2 heterocycles. The van der Waals surface area contributed by atoms with E-state index in [-0.39, 0.29) is 40.2 Å². The van der Waals surface area contributed by atoms with Crippen LogP contribution in [-0.2, 0) is 14.8 Å². The summed E-state index contributed by atoms with van der Waals surface area (Å²) in [5.74, 6) is 5.20. The van der Waals surface area contributed by atoms with Crippen molar-refractivity contribution >= 4 is 32.0 Å². The first-order valence-electron chi connectivity index (χ1n) is 6.16. The van der Waals surface area contributed by atoms with E-state index in [0.29, 0.717) is 0 Å². The molecular weight excluding hydrogens is 320 g/mol. The number of anilines is 1. The highest BCUT2D eigenvalue weighted by Gasteiger charge is 2.35. The quantitative estimate of drug-likeness (QED) is 0.471. The molecule has 3 N–H and O–H groups in total. The van der Waals surface area contributed by atoms with E-state index in [1.807, 2.05) is 0 Å². The lowest BCUT2D eigenvalue weighted by Gasteiger charge is -2.33. The average Bonchev–Trinajstić information content (AvgIpc) is 2.82. The summed E-state index contributed by atoms with van der Waals surface area (Å²) in [6, 6.07) is 1.03. The van der Waals surface area contributed by atoms with E-state index in [1.165, 1.54) is 4.31 Å². The van der Waals surface area contributed by atoms with Crippen LogP contribution in [0.1, 0.15) is 13.8 Å². The molecule has 0 aromatic carbocycles. The van der Waals surface area contributed by atoms with Gasteiger partial charge in [-0.3, -0.25) is 10.1 Å². The number of ether oxygens (including phenoxy) is 1. The van der Waals surface area contributed by atoms with Gasteiger partial charge in [-0.15, -0.1) is 0 Å². The third-order valence-electron chi connectivity index (χ3n) is 3.00. The number of rotatable bonds is 4. The van der Waals surface area contributed by atoms with Crippen molar-refractivity contribution in [3.63, 3.8) is 0 Å². The zero-order valence-corrected chi connectivity index (χ0v) is 13.1. The zero-order valence-electron chi connectivity index (χ0n) is 11.5. The van der Waals surface area contributed by atoms with Crippen LogP contribution in [0.4, 0.5) is 10.7 Å². The molecule has 2 rings (SSSR count). The predicted octanol–water partition coefficient (Wildman–Crippen LogP) is 0.740. The summed E-state index contributed by atoms with van der Waals surface area (Å²) in [5.41, 5.74) is 1.81. The molecule has 0 radical (unpaired) electrons. The molecule has 21 heavy (non-hydrogen) atoms. The maximum atomic E-state index is 12.6. The van der Waals surface area contributed by atoms with Crippen molar-refractivity contribution in [2.24, 2.45) is 5.84 Å². The van der Waals surface area contributed by atoms with Gasteiger partial charge in [0.25, 0.3) is 10.0 Å². The number of nitrogen functional groups attached to an aromatic ring is 1. The minimum atomic E-state index is -3.80. The van der Waals surface area contributed by atoms with Crippen molar-refractivity contribution in [3.05, 3.63) is 16.2 Å². The summed E-state index contributed by atoms with van der Waals surface area (Å²) in [6.45, 7) is 3.98. The van der Waals surface area contributed by atoms with Crippen LogP contribution in [0, 0.1) is 10.1 Å². The number of hydrazine groups is 1. The van der Waals surface area contributed by atoms with Crippen LogP contribution in [0.2, 0.25) is 0 Å². The van der Waals surface area contributed by atoms with Crippen LogP contribution in [0.25, 0.3) is 0 Å². The van der Waals surface area contributed by atoms with Gasteiger partial charge >= 0.3 is 5.69 Å². The van der Waals surface area contributed by atoms with Gasteiger partial charge in [0.2, 0.25) is 0 Å². The number of hydrogen-bond acceptors (Lipinski definition) is 8. The smallest absolute Gasteiger partial charge is 0.306 e. The highest BCUT2D eigenvalue weighted by molar-refractivity contribution is 7.91. The van der Waals surface area contributed by atoms with Crippen LogP contribution >= 0.6 is 11.3 Å². The van der Waals surface area contributed by atoms with Crippen LogP contribution in [0.5, 0.6) is 0 Å². The number of nitro groups is 1. The minimum Gasteiger partial charge on any atom is -0.373 e. The van der Waals surface area contributed by atoms with Crippen molar-refractivity contribution in [2.45, 2.75) is 30.3 Å². The number of nitrogens with zero attached hydrogens (tertiary/aromatic N) is 2. The average molecular weight is 336 g/mol. The van der Waals surface area contributed by atoms with Crippen LogP contribution in [-0.4, -0.2) is 42.9 Å². The second kappa shape index (κ2) is 5.85. The number of thiophene rings is 1. The number of sulfonamides is 1. The molecule has 1 aliphatic heterocycles. The Hall–Kier alpha value is -1.27. The number of morpholine rings is 1. The molecule has 1 fully saturated rings. The van der Waals surface area contributed by atoms with Crippen molar-refractivity contribution in [1.29, 1.82) is 0 Å². The Kier molecular flexibility index (Phi) is 4.49. The largest absolute Gasteiger partial charge is 0.373 e. The lowest BCUT2D eigenvalue weighted by Crippen LogP contribution is -2.47. The highest BCUT2D eigenvalue weighted by atomic mass is 32.2. The first-order chi connectivity index (χ1) is 9.75. The molecule has 0 amide bonds. The maximum absolute atomic E-state index is 12.6. The van der Waals surface area contributed by atoms with E-state index in [0.717, 1.165) is 17.4 Å². The van der Waals surface area contributed by atoms with Crippen LogP contribution in [0.3, 0.4) is 0 Å². The Labute approximate surface area is 125 Å². The Morgan fingerprint density at radius 2 is 2.05 bits per heavy atom. The molecule has 0 unspecified atom stereocenters. The fourth-order valence-corrected chi connectivity index (χ4v) is 5.16. The van der Waals surface area contributed by atoms with E-state index in [2.05, 4.69) is 5.43 Å². The first kappa shape index (κ1) is 16.1. The third kappa shape index (κ3) is 3.16. The highest BCUT2D eigenvalue weighted by Crippen LogP contribution is 2.38. The number of nitrogens with two attached hydrogens (primary N) is 1. The zero-order chi connectivity index (χ0) is 15.8. The standard InChI is InChI=1S/C10H16N4O5S2/c1-6-4-13(5-7(2)19-6)21(17,18)9-3-8(14(15)16)10(12-11)20-9/h3,6-7,12H,4-5,11H2,1-2H3/t6-,7+. The molecule has 0 spiro atoms. The Balaban J connectivity index is 2.37. The van der Waals surface area contributed by atoms with Gasteiger partial charge in [-0.2, -0.15) is 4.31 Å². The van der Waals surface area contributed by atoms with Crippen LogP contribution < -0.4 is 11.3 Å². The number of hydrogen-bond donors (Lipinski definition) is 2. The summed E-state index contributed by atoms with van der Waals surface area (Å²) in [6.07, 6.45) is -0.462. The summed E-state index contributed by atoms with van der Waals surface area (Å²) in [5, 5.41) is 10.9. The second-order valence-electron chi connectivity index (χ2n) is 4.76. The van der Waals surface area contributed by atoms with Gasteiger partial charge in [0.05, 0.1) is 17.1 Å². The predicted molar refractivity (Wildman–Crippen MR) is 77.6 cm³/mol. The lowest BCUT2D eigenvalue weighted by atomic mass is 10.3. The van der Waals surface area contributed by atoms with Gasteiger partial charge in [-0.25, -0.2) is 14.3 Å². The minimum absolute atomic E-state index is 0.00734. The van der Waals surface area contributed by atoms with Gasteiger partial charge in [0, 0.05) is 19.2 Å². The van der Waals surface area contributed by atoms with E-state index >= 15 is 0 Å². The molecule has 11 heteroatoms. The Bertz CT molecular complexity index is 634. The van der Waals surface area contributed by atoms with E-state index in [9.17, 15) is 18.5 Å². The van der Waals surface area contributed by atoms with Gasteiger partial charge in [0.1, 0.15) is 4.21 Å². The first-order valence-corrected chi connectivity index (χ1v) is 8.41. The second-order valence-corrected chi connectivity index (χ2v) is 7.98. The molecule has 0 bridgehead atoms. The van der Waals surface area contributed by atoms with E-state index in [4.69, 9.17) is 10.6 Å². The lowest BCUT2D eigenvalue weighted by molar-refractivity contribution is -0.383. The number of nitrogens with one attached hydrogen (secondary N) is 1. The third-order valence-corrected chi connectivity index (χ3v) is 6.33. The fourth-order valence-electron chi connectivity index (χ4n) is 2.18. The Morgan fingerprint density at radius 1 is 1.48 bits per heavy atom. The topological polar surface area (TPSA) is 128 Å². The molecule has 1 aromatic heterocycles. The van der Waals surface area contributed by atoms with Crippen molar-refractivity contribution < 1.29 is 18.1 Å². The van der Waals surface area contributed by atoms with Gasteiger partial charge in [-0.05, 0) is 13.8 Å². The monoisotopic (exact) mass is 336 g/mol. The van der Waals surface area contributed by atoms with E-state index in [1.54, 1.807) is 13.8 Å². The molecule has 118 valence electrons. The molecule has 0 aliphatic carbocycles. The summed E-state index contributed by atoms with van der Waals surface area (Å²) < 4.78 is 31.8. The molecule has 2 atom stereocenters.